The van der Waals surface area contributed by atoms with Crippen LogP contribution in [0.5, 0.6) is 5.75 Å². The third-order valence-electron chi connectivity index (χ3n) is 1.95. The van der Waals surface area contributed by atoms with Crippen molar-refractivity contribution in [2.75, 3.05) is 19.1 Å². The summed E-state index contributed by atoms with van der Waals surface area (Å²) >= 11 is 5.87. The first kappa shape index (κ1) is 11.5. The van der Waals surface area contributed by atoms with Crippen molar-refractivity contribution in [2.24, 2.45) is 0 Å². The van der Waals surface area contributed by atoms with Crippen LogP contribution in [-0.2, 0) is 9.59 Å². The van der Waals surface area contributed by atoms with Crippen LogP contribution in [0, 0.1) is 0 Å². The van der Waals surface area contributed by atoms with Crippen molar-refractivity contribution in [3.05, 3.63) is 23.2 Å². The average molecular weight is 228 g/mol. The molecule has 1 rings (SSSR count). The summed E-state index contributed by atoms with van der Waals surface area (Å²) in [5.74, 6) is -0.108. The third-order valence-corrected chi connectivity index (χ3v) is 2.25. The molecular weight excluding hydrogens is 218 g/mol. The summed E-state index contributed by atoms with van der Waals surface area (Å²) in [6.45, 7) is 0. The largest absolute Gasteiger partial charge is 0.495 e. The van der Waals surface area contributed by atoms with Crippen molar-refractivity contribution >= 4 is 29.5 Å². The third kappa shape index (κ3) is 2.47. The van der Waals surface area contributed by atoms with Gasteiger partial charge in [-0.25, -0.2) is 0 Å². The van der Waals surface area contributed by atoms with Crippen molar-refractivity contribution in [3.63, 3.8) is 0 Å². The second kappa shape index (κ2) is 4.79. The molecule has 1 amide bonds. The molecule has 0 bridgehead atoms. The Bertz CT molecular complexity index is 392. The number of likely N-dealkylation sites (N-methyl/N-ethyl adjacent to an activating group) is 1. The van der Waals surface area contributed by atoms with Gasteiger partial charge in [0.1, 0.15) is 5.75 Å². The fraction of sp³-hybridized carbons (Fsp3) is 0.200. The number of anilines is 1. The normalized spacial score (nSPS) is 9.53. The molecule has 0 fully saturated rings. The molecule has 0 aliphatic heterocycles. The van der Waals surface area contributed by atoms with Gasteiger partial charge in [-0.15, -0.1) is 0 Å². The van der Waals surface area contributed by atoms with Gasteiger partial charge in [0.05, 0.1) is 12.1 Å². The lowest BCUT2D eigenvalue weighted by Crippen LogP contribution is -2.26. The van der Waals surface area contributed by atoms with Gasteiger partial charge in [-0.05, 0) is 18.2 Å². The lowest BCUT2D eigenvalue weighted by Gasteiger charge is -2.15. The van der Waals surface area contributed by atoms with Crippen LogP contribution >= 0.6 is 11.6 Å². The number of carbonyl (C=O) groups is 2. The van der Waals surface area contributed by atoms with Gasteiger partial charge in [0.15, 0.2) is 0 Å². The summed E-state index contributed by atoms with van der Waals surface area (Å²) in [4.78, 5) is 22.5. The lowest BCUT2D eigenvalue weighted by molar-refractivity contribution is -0.129. The van der Waals surface area contributed by atoms with Crippen LogP contribution in [0.3, 0.4) is 0 Å². The molecule has 0 aliphatic rings. The molecule has 0 atom stereocenters. The number of hydrogen-bond acceptors (Lipinski definition) is 3. The maximum absolute atomic E-state index is 11.1. The van der Waals surface area contributed by atoms with Gasteiger partial charge in [0.25, 0.3) is 5.91 Å². The monoisotopic (exact) mass is 227 g/mol. The molecule has 0 aromatic heterocycles. The molecule has 0 aliphatic carbocycles. The zero-order valence-corrected chi connectivity index (χ0v) is 9.12. The van der Waals surface area contributed by atoms with Gasteiger partial charge in [0.2, 0.25) is 6.29 Å². The Morgan fingerprint density at radius 1 is 1.53 bits per heavy atom. The Balaban J connectivity index is 3.01. The van der Waals surface area contributed by atoms with Gasteiger partial charge >= 0.3 is 0 Å². The van der Waals surface area contributed by atoms with Crippen LogP contribution in [0.2, 0.25) is 5.02 Å². The minimum Gasteiger partial charge on any atom is -0.495 e. The molecule has 0 unspecified atom stereocenters. The van der Waals surface area contributed by atoms with Crippen LogP contribution in [0.15, 0.2) is 18.2 Å². The summed E-state index contributed by atoms with van der Waals surface area (Å²) in [6, 6.07) is 4.83. The van der Waals surface area contributed by atoms with Crippen molar-refractivity contribution in [3.8, 4) is 5.75 Å². The topological polar surface area (TPSA) is 46.6 Å². The Labute approximate surface area is 92.4 Å². The molecule has 5 heteroatoms. The quantitative estimate of drug-likeness (QED) is 0.581. The van der Waals surface area contributed by atoms with Crippen LogP contribution < -0.4 is 9.64 Å². The molecule has 0 radical (unpaired) electrons. The predicted octanol–water partition coefficient (Wildman–Crippen LogP) is 1.51. The lowest BCUT2D eigenvalue weighted by atomic mass is 10.3. The van der Waals surface area contributed by atoms with Crippen molar-refractivity contribution in [1.29, 1.82) is 0 Å². The second-order valence-electron chi connectivity index (χ2n) is 2.83. The maximum Gasteiger partial charge on any atom is 0.290 e. The van der Waals surface area contributed by atoms with Gasteiger partial charge in [-0.3, -0.25) is 9.59 Å². The maximum atomic E-state index is 11.1. The molecule has 0 saturated heterocycles. The number of amides is 1. The molecule has 1 aromatic carbocycles. The molecular formula is C10H10ClNO3. The van der Waals surface area contributed by atoms with Gasteiger partial charge in [-0.1, -0.05) is 11.6 Å². The Hall–Kier alpha value is -1.55. The molecule has 0 heterocycles. The van der Waals surface area contributed by atoms with Gasteiger partial charge < -0.3 is 9.64 Å². The standard InChI is InChI=1S/C10H10ClNO3/c1-12(10(14)6-13)7-3-4-9(15-2)8(11)5-7/h3-6H,1-2H3. The summed E-state index contributed by atoms with van der Waals surface area (Å²) in [5, 5.41) is 0.389. The molecule has 15 heavy (non-hydrogen) atoms. The number of rotatable bonds is 3. The first-order valence-electron chi connectivity index (χ1n) is 4.16. The highest BCUT2D eigenvalue weighted by Gasteiger charge is 2.11. The fourth-order valence-corrected chi connectivity index (χ4v) is 1.32. The van der Waals surface area contributed by atoms with Gasteiger partial charge in [-0.2, -0.15) is 0 Å². The SMILES string of the molecule is COc1ccc(N(C)C(=O)C=O)cc1Cl. The zero-order chi connectivity index (χ0) is 11.4. The molecule has 0 spiro atoms. The minimum absolute atomic E-state index is 0.248. The molecule has 4 nitrogen and oxygen atoms in total. The van der Waals surface area contributed by atoms with Crippen molar-refractivity contribution in [1.82, 2.24) is 0 Å². The molecule has 80 valence electrons. The number of methoxy groups -OCH3 is 1. The highest BCUT2D eigenvalue weighted by molar-refractivity contribution is 6.33. The van der Waals surface area contributed by atoms with E-state index in [0.717, 1.165) is 0 Å². The summed E-state index contributed by atoms with van der Waals surface area (Å²) < 4.78 is 4.96. The van der Waals surface area contributed by atoms with E-state index in [2.05, 4.69) is 0 Å². The van der Waals surface area contributed by atoms with E-state index < -0.39 is 5.91 Å². The minimum atomic E-state index is -0.628. The number of ether oxygens (including phenoxy) is 1. The summed E-state index contributed by atoms with van der Waals surface area (Å²) in [5.41, 5.74) is 0.540. The summed E-state index contributed by atoms with van der Waals surface area (Å²) in [7, 11) is 3.00. The highest BCUT2D eigenvalue weighted by Crippen LogP contribution is 2.28. The van der Waals surface area contributed by atoms with Crippen LogP contribution in [0.25, 0.3) is 0 Å². The summed E-state index contributed by atoms with van der Waals surface area (Å²) in [6.07, 6.45) is 0.248. The average Bonchev–Trinajstić information content (AvgIpc) is 2.26. The first-order chi connectivity index (χ1) is 7.10. The van der Waals surface area contributed by atoms with Crippen molar-refractivity contribution < 1.29 is 14.3 Å². The van der Waals surface area contributed by atoms with E-state index in [0.29, 0.717) is 16.5 Å². The highest BCUT2D eigenvalue weighted by atomic mass is 35.5. The first-order valence-corrected chi connectivity index (χ1v) is 4.54. The Morgan fingerprint density at radius 2 is 2.20 bits per heavy atom. The van der Waals surface area contributed by atoms with Crippen LogP contribution in [-0.4, -0.2) is 26.4 Å². The number of nitrogens with zero attached hydrogens (tertiary/aromatic N) is 1. The number of hydrogen-bond donors (Lipinski definition) is 0. The van der Waals surface area contributed by atoms with E-state index >= 15 is 0 Å². The molecule has 1 aromatic rings. The van der Waals surface area contributed by atoms with E-state index in [1.54, 1.807) is 18.2 Å². The van der Waals surface area contributed by atoms with E-state index in [9.17, 15) is 9.59 Å². The van der Waals surface area contributed by atoms with Crippen molar-refractivity contribution in [2.45, 2.75) is 0 Å². The smallest absolute Gasteiger partial charge is 0.290 e. The second-order valence-corrected chi connectivity index (χ2v) is 3.24. The zero-order valence-electron chi connectivity index (χ0n) is 8.36. The number of aldehydes is 1. The Kier molecular flexibility index (Phi) is 3.68. The van der Waals surface area contributed by atoms with E-state index in [-0.39, 0.29) is 6.29 Å². The number of benzene rings is 1. The fourth-order valence-electron chi connectivity index (χ4n) is 1.07. The van der Waals surface area contributed by atoms with Crippen LogP contribution in [0.4, 0.5) is 5.69 Å². The van der Waals surface area contributed by atoms with E-state index in [1.807, 2.05) is 0 Å². The number of carbonyl (C=O) groups excluding carboxylic acids is 2. The van der Waals surface area contributed by atoms with E-state index in [1.165, 1.54) is 19.1 Å². The van der Waals surface area contributed by atoms with E-state index in [4.69, 9.17) is 16.3 Å². The Morgan fingerprint density at radius 3 is 2.67 bits per heavy atom. The molecule has 0 N–H and O–H groups in total. The van der Waals surface area contributed by atoms with Gasteiger partial charge in [0, 0.05) is 12.7 Å². The number of halogens is 1. The predicted molar refractivity (Wildman–Crippen MR) is 57.5 cm³/mol. The molecule has 0 saturated carbocycles. The van der Waals surface area contributed by atoms with Crippen LogP contribution in [0.1, 0.15) is 0 Å².